The molecule has 1 aromatic carbocycles. The van der Waals surface area contributed by atoms with E-state index in [1.54, 1.807) is 0 Å². The van der Waals surface area contributed by atoms with Gasteiger partial charge in [-0.1, -0.05) is 0 Å². The van der Waals surface area contributed by atoms with Crippen molar-refractivity contribution in [3.63, 3.8) is 0 Å². The second-order valence-electron chi connectivity index (χ2n) is 3.32. The zero-order chi connectivity index (χ0) is 9.68. The van der Waals surface area contributed by atoms with Crippen LogP contribution in [0.5, 0.6) is 5.75 Å². The van der Waals surface area contributed by atoms with Crippen molar-refractivity contribution in [3.05, 3.63) is 24.3 Å². The van der Waals surface area contributed by atoms with E-state index in [2.05, 4.69) is 29.9 Å². The number of hydrogen-bond acceptors (Lipinski definition) is 1. The van der Waals surface area contributed by atoms with Crippen LogP contribution < -0.4 is 9.20 Å². The second kappa shape index (κ2) is 5.31. The zero-order valence-electron chi connectivity index (χ0n) is 8.16. The Morgan fingerprint density at radius 2 is 1.92 bits per heavy atom. The fourth-order valence-corrected chi connectivity index (χ4v) is 1.21. The minimum atomic E-state index is 0.636. The van der Waals surface area contributed by atoms with Gasteiger partial charge in [0.25, 0.3) is 0 Å². The molecule has 0 heterocycles. The number of hydrogen-bond donors (Lipinski definition) is 0. The zero-order valence-corrected chi connectivity index (χ0v) is 10.0. The van der Waals surface area contributed by atoms with Crippen LogP contribution in [0.1, 0.15) is 20.3 Å². The predicted octanol–water partition coefficient (Wildman–Crippen LogP) is 1.64. The van der Waals surface area contributed by atoms with Gasteiger partial charge in [0.1, 0.15) is 0 Å². The second-order valence-corrected chi connectivity index (χ2v) is 4.40. The van der Waals surface area contributed by atoms with E-state index in [1.807, 2.05) is 24.3 Å². The van der Waals surface area contributed by atoms with E-state index in [1.165, 1.54) is 10.9 Å². The molecule has 0 N–H and O–H groups in total. The van der Waals surface area contributed by atoms with E-state index in [0.717, 1.165) is 12.4 Å². The molecule has 2 heteroatoms. The molecule has 0 saturated heterocycles. The van der Waals surface area contributed by atoms with E-state index in [-0.39, 0.29) is 0 Å². The maximum atomic E-state index is 5.61. The van der Waals surface area contributed by atoms with Gasteiger partial charge in [0.05, 0.1) is 0 Å². The van der Waals surface area contributed by atoms with E-state index in [0.29, 0.717) is 5.92 Å². The summed E-state index contributed by atoms with van der Waals surface area (Å²) in [5.41, 5.74) is 0. The monoisotopic (exact) mass is 244 g/mol. The first-order valence-electron chi connectivity index (χ1n) is 4.64. The van der Waals surface area contributed by atoms with Gasteiger partial charge in [-0.25, -0.2) is 0 Å². The van der Waals surface area contributed by atoms with Crippen molar-refractivity contribution in [2.75, 3.05) is 6.61 Å². The normalized spacial score (nSPS) is 12.5. The van der Waals surface area contributed by atoms with E-state index in [9.17, 15) is 0 Å². The summed E-state index contributed by atoms with van der Waals surface area (Å²) in [6.45, 7) is 5.19. The third kappa shape index (κ3) is 3.84. The molecule has 1 rings (SSSR count). The fourth-order valence-electron chi connectivity index (χ4n) is 0.899. The van der Waals surface area contributed by atoms with Crippen molar-refractivity contribution in [2.45, 2.75) is 20.3 Å². The van der Waals surface area contributed by atoms with E-state index in [4.69, 9.17) is 4.74 Å². The van der Waals surface area contributed by atoms with Crippen LogP contribution in [0.4, 0.5) is 0 Å². The van der Waals surface area contributed by atoms with Gasteiger partial charge in [-0.05, 0) is 0 Å². The van der Waals surface area contributed by atoms with Gasteiger partial charge in [-0.2, -0.15) is 0 Å². The predicted molar refractivity (Wildman–Crippen MR) is 58.2 cm³/mol. The Morgan fingerprint density at radius 1 is 1.31 bits per heavy atom. The summed E-state index contributed by atoms with van der Waals surface area (Å²) in [6.07, 6.45) is 1.17. The number of ether oxygens (including phenoxy) is 1. The van der Waals surface area contributed by atoms with Gasteiger partial charge in [0, 0.05) is 0 Å². The molecule has 0 saturated carbocycles. The molecule has 0 aliphatic carbocycles. The maximum absolute atomic E-state index is 5.61. The fraction of sp³-hybridized carbons (Fsp3) is 0.455. The Bertz CT molecular complexity index is 243. The van der Waals surface area contributed by atoms with Crippen molar-refractivity contribution < 1.29 is 4.74 Å². The van der Waals surface area contributed by atoms with Crippen LogP contribution >= 0.6 is 0 Å². The van der Waals surface area contributed by atoms with Crippen molar-refractivity contribution in [1.29, 1.82) is 0 Å². The molecular weight excluding hydrogens is 227 g/mol. The summed E-state index contributed by atoms with van der Waals surface area (Å²) in [4.78, 5) is 0. The van der Waals surface area contributed by atoms with Crippen molar-refractivity contribution in [2.24, 2.45) is 5.92 Å². The number of benzene rings is 1. The summed E-state index contributed by atoms with van der Waals surface area (Å²) in [7, 11) is 0. The van der Waals surface area contributed by atoms with Crippen molar-refractivity contribution in [1.82, 2.24) is 0 Å². The Hall–Kier alpha value is -0.461. The topological polar surface area (TPSA) is 9.23 Å². The Balaban J connectivity index is 2.41. The summed E-state index contributed by atoms with van der Waals surface area (Å²) in [5.74, 6) is 1.60. The Morgan fingerprint density at radius 3 is 2.46 bits per heavy atom. The molecule has 0 aliphatic rings. The van der Waals surface area contributed by atoms with Gasteiger partial charge >= 0.3 is 88.0 Å². The van der Waals surface area contributed by atoms with Crippen LogP contribution in [0.15, 0.2) is 24.3 Å². The van der Waals surface area contributed by atoms with Crippen LogP contribution in [-0.4, -0.2) is 22.6 Å². The third-order valence-electron chi connectivity index (χ3n) is 2.07. The summed E-state index contributed by atoms with van der Waals surface area (Å²) < 4.78 is 6.82. The molecule has 0 aliphatic heterocycles. The first-order chi connectivity index (χ1) is 6.22. The van der Waals surface area contributed by atoms with E-state index >= 15 is 0 Å². The van der Waals surface area contributed by atoms with Gasteiger partial charge in [-0.3, -0.25) is 0 Å². The van der Waals surface area contributed by atoms with Crippen LogP contribution in [0, 0.1) is 5.92 Å². The van der Waals surface area contributed by atoms with Crippen LogP contribution in [-0.2, 0) is 0 Å². The molecule has 0 aromatic heterocycles. The molecule has 72 valence electrons. The van der Waals surface area contributed by atoms with Gasteiger partial charge in [-0.15, -0.1) is 0 Å². The molecule has 0 radical (unpaired) electrons. The molecule has 13 heavy (non-hydrogen) atoms. The average Bonchev–Trinajstić information content (AvgIpc) is 2.16. The summed E-state index contributed by atoms with van der Waals surface area (Å²) in [6, 6.07) is 8.11. The standard InChI is InChI=1S/C11H16OSe/c1-3-9(2)8-12-10-4-6-11(13)7-5-10/h4-7,9,13H,3,8H2,1-2H3/t9-/m0/s1. The Kier molecular flexibility index (Phi) is 4.34. The molecule has 1 atom stereocenters. The summed E-state index contributed by atoms with van der Waals surface area (Å²) >= 11 is 2.52. The third-order valence-corrected chi connectivity index (χ3v) is 2.69. The molecule has 0 amide bonds. The van der Waals surface area contributed by atoms with Gasteiger partial charge in [0.15, 0.2) is 0 Å². The molecular formula is C11H16OSe. The average molecular weight is 243 g/mol. The van der Waals surface area contributed by atoms with Crippen LogP contribution in [0.3, 0.4) is 0 Å². The van der Waals surface area contributed by atoms with Crippen LogP contribution in [0.25, 0.3) is 0 Å². The molecule has 0 spiro atoms. The van der Waals surface area contributed by atoms with Crippen molar-refractivity contribution >= 4 is 20.5 Å². The first-order valence-corrected chi connectivity index (χ1v) is 5.58. The molecule has 1 nitrogen and oxygen atoms in total. The van der Waals surface area contributed by atoms with Gasteiger partial charge in [0.2, 0.25) is 0 Å². The molecule has 0 fully saturated rings. The molecule has 1 aromatic rings. The number of rotatable bonds is 4. The van der Waals surface area contributed by atoms with E-state index < -0.39 is 0 Å². The molecule has 0 bridgehead atoms. The SMILES string of the molecule is CC[C@H](C)COc1ccc([SeH])cc1. The molecule has 0 unspecified atom stereocenters. The van der Waals surface area contributed by atoms with Gasteiger partial charge < -0.3 is 0 Å². The van der Waals surface area contributed by atoms with Crippen LogP contribution in [0.2, 0.25) is 0 Å². The summed E-state index contributed by atoms with van der Waals surface area (Å²) in [5, 5.41) is 0. The first kappa shape index (κ1) is 10.6. The van der Waals surface area contributed by atoms with Crippen molar-refractivity contribution in [3.8, 4) is 5.75 Å². The minimum absolute atomic E-state index is 0.636. The Labute approximate surface area is 88.3 Å². The quantitative estimate of drug-likeness (QED) is 0.730.